The molecule has 14 heavy (non-hydrogen) atoms. The average Bonchev–Trinajstić information content (AvgIpc) is 2.00. The van der Waals surface area contributed by atoms with E-state index in [0.29, 0.717) is 13.1 Å². The predicted molar refractivity (Wildman–Crippen MR) is 55.2 cm³/mol. The highest BCUT2D eigenvalue weighted by atomic mass is 16.5. The Bertz CT molecular complexity index is 196. The summed E-state index contributed by atoms with van der Waals surface area (Å²) >= 11 is 0. The van der Waals surface area contributed by atoms with Gasteiger partial charge in [0, 0.05) is 19.1 Å². The van der Waals surface area contributed by atoms with Crippen LogP contribution in [0.5, 0.6) is 0 Å². The number of hydrogen-bond acceptors (Lipinski definition) is 2. The minimum absolute atomic E-state index is 0.0157. The molecule has 1 rings (SSSR count). The van der Waals surface area contributed by atoms with E-state index in [0.717, 1.165) is 0 Å². The van der Waals surface area contributed by atoms with Crippen molar-refractivity contribution < 1.29 is 9.53 Å². The minimum Gasteiger partial charge on any atom is -0.372 e. The van der Waals surface area contributed by atoms with Gasteiger partial charge in [0.25, 0.3) is 0 Å². The molecule has 2 atom stereocenters. The molecule has 1 heterocycles. The summed E-state index contributed by atoms with van der Waals surface area (Å²) in [6, 6.07) is 0.206. The number of urea groups is 1. The normalized spacial score (nSPS) is 27.9. The van der Waals surface area contributed by atoms with Crippen LogP contribution in [0, 0.1) is 0 Å². The van der Waals surface area contributed by atoms with Crippen molar-refractivity contribution in [2.45, 2.75) is 45.9 Å². The fraction of sp³-hybridized carbons (Fsp3) is 0.900. The van der Waals surface area contributed by atoms with Crippen LogP contribution in [0.25, 0.3) is 0 Å². The van der Waals surface area contributed by atoms with Gasteiger partial charge in [-0.3, -0.25) is 0 Å². The van der Waals surface area contributed by atoms with Gasteiger partial charge in [0.1, 0.15) is 0 Å². The molecule has 0 spiro atoms. The van der Waals surface area contributed by atoms with Crippen LogP contribution in [0.3, 0.4) is 0 Å². The molecule has 4 heteroatoms. The fourth-order valence-corrected chi connectivity index (χ4v) is 1.68. The van der Waals surface area contributed by atoms with Crippen LogP contribution < -0.4 is 5.32 Å². The van der Waals surface area contributed by atoms with Crippen LogP contribution >= 0.6 is 0 Å². The van der Waals surface area contributed by atoms with Crippen molar-refractivity contribution in [3.05, 3.63) is 0 Å². The van der Waals surface area contributed by atoms with Gasteiger partial charge in [0.2, 0.25) is 0 Å². The summed E-state index contributed by atoms with van der Waals surface area (Å²) < 4.78 is 5.55. The number of carbonyl (C=O) groups is 1. The van der Waals surface area contributed by atoms with Crippen molar-refractivity contribution >= 4 is 6.03 Å². The zero-order valence-corrected chi connectivity index (χ0v) is 9.41. The zero-order chi connectivity index (χ0) is 10.7. The van der Waals surface area contributed by atoms with Gasteiger partial charge in [-0.05, 0) is 27.7 Å². The molecular formula is C10H20N2O2. The number of carbonyl (C=O) groups excluding carboxylic acids is 1. The molecule has 4 nitrogen and oxygen atoms in total. The maximum Gasteiger partial charge on any atom is 0.317 e. The van der Waals surface area contributed by atoms with Crippen LogP contribution in [-0.2, 0) is 4.74 Å². The van der Waals surface area contributed by atoms with Crippen LogP contribution in [0.15, 0.2) is 0 Å². The van der Waals surface area contributed by atoms with Gasteiger partial charge in [0.05, 0.1) is 12.2 Å². The van der Waals surface area contributed by atoms with Crippen molar-refractivity contribution in [2.24, 2.45) is 0 Å². The highest BCUT2D eigenvalue weighted by Crippen LogP contribution is 2.10. The van der Waals surface area contributed by atoms with Gasteiger partial charge >= 0.3 is 6.03 Å². The Balaban J connectivity index is 2.46. The summed E-state index contributed by atoms with van der Waals surface area (Å²) in [6.07, 6.45) is 0.272. The molecule has 1 aliphatic rings. The van der Waals surface area contributed by atoms with E-state index in [1.165, 1.54) is 0 Å². The molecule has 0 bridgehead atoms. The standard InChI is InChI=1S/C10H20N2O2/c1-7(2)11-10(13)12-5-8(3)14-9(4)6-12/h7-9H,5-6H2,1-4H3,(H,11,13)/t8-,9-/m1/s1. The molecular weight excluding hydrogens is 180 g/mol. The third kappa shape index (κ3) is 3.18. The van der Waals surface area contributed by atoms with Crippen molar-refractivity contribution in [1.82, 2.24) is 10.2 Å². The Morgan fingerprint density at radius 3 is 2.29 bits per heavy atom. The van der Waals surface area contributed by atoms with E-state index in [-0.39, 0.29) is 24.3 Å². The summed E-state index contributed by atoms with van der Waals surface area (Å²) in [5.41, 5.74) is 0. The molecule has 1 N–H and O–H groups in total. The van der Waals surface area contributed by atoms with Gasteiger partial charge in [0.15, 0.2) is 0 Å². The second kappa shape index (κ2) is 4.64. The Hall–Kier alpha value is -0.770. The van der Waals surface area contributed by atoms with Gasteiger partial charge in [-0.15, -0.1) is 0 Å². The number of nitrogens with one attached hydrogen (secondary N) is 1. The van der Waals surface area contributed by atoms with Gasteiger partial charge < -0.3 is 15.0 Å². The summed E-state index contributed by atoms with van der Waals surface area (Å²) in [7, 11) is 0. The molecule has 0 saturated carbocycles. The molecule has 0 unspecified atom stereocenters. The monoisotopic (exact) mass is 200 g/mol. The highest BCUT2D eigenvalue weighted by Gasteiger charge is 2.25. The first kappa shape index (κ1) is 11.3. The molecule has 82 valence electrons. The zero-order valence-electron chi connectivity index (χ0n) is 9.41. The van der Waals surface area contributed by atoms with Crippen molar-refractivity contribution in [3.63, 3.8) is 0 Å². The molecule has 0 aromatic carbocycles. The van der Waals surface area contributed by atoms with E-state index in [4.69, 9.17) is 4.74 Å². The van der Waals surface area contributed by atoms with Gasteiger partial charge in [-0.2, -0.15) is 0 Å². The number of rotatable bonds is 1. The van der Waals surface area contributed by atoms with Crippen LogP contribution in [0.4, 0.5) is 4.79 Å². The lowest BCUT2D eigenvalue weighted by molar-refractivity contribution is -0.0546. The minimum atomic E-state index is 0.0157. The van der Waals surface area contributed by atoms with Crippen molar-refractivity contribution in [2.75, 3.05) is 13.1 Å². The molecule has 1 saturated heterocycles. The quantitative estimate of drug-likeness (QED) is 0.691. The summed E-state index contributed by atoms with van der Waals surface area (Å²) in [4.78, 5) is 13.5. The van der Waals surface area contributed by atoms with E-state index < -0.39 is 0 Å². The van der Waals surface area contributed by atoms with Crippen LogP contribution in [-0.4, -0.2) is 42.3 Å². The Kier molecular flexibility index (Phi) is 3.75. The van der Waals surface area contributed by atoms with Crippen molar-refractivity contribution in [3.8, 4) is 0 Å². The Morgan fingerprint density at radius 1 is 1.36 bits per heavy atom. The number of nitrogens with zero attached hydrogens (tertiary/aromatic N) is 1. The summed E-state index contributed by atoms with van der Waals surface area (Å²) in [5.74, 6) is 0. The molecule has 1 fully saturated rings. The molecule has 0 aliphatic carbocycles. The maximum atomic E-state index is 11.7. The second-order valence-electron chi connectivity index (χ2n) is 4.27. The van der Waals surface area contributed by atoms with E-state index in [1.807, 2.05) is 32.6 Å². The maximum absolute atomic E-state index is 11.7. The predicted octanol–water partition coefficient (Wildman–Crippen LogP) is 1.21. The van der Waals surface area contributed by atoms with E-state index in [2.05, 4.69) is 5.32 Å². The number of amides is 2. The van der Waals surface area contributed by atoms with Crippen LogP contribution in [0.2, 0.25) is 0 Å². The first-order chi connectivity index (χ1) is 6.49. The number of hydrogen-bond donors (Lipinski definition) is 1. The third-order valence-electron chi connectivity index (χ3n) is 2.12. The largest absolute Gasteiger partial charge is 0.372 e. The number of morpholine rings is 1. The molecule has 0 radical (unpaired) electrons. The van der Waals surface area contributed by atoms with E-state index in [1.54, 1.807) is 0 Å². The first-order valence-corrected chi connectivity index (χ1v) is 5.20. The number of ether oxygens (including phenoxy) is 1. The van der Waals surface area contributed by atoms with Crippen LogP contribution in [0.1, 0.15) is 27.7 Å². The molecule has 0 aromatic rings. The van der Waals surface area contributed by atoms with Gasteiger partial charge in [-0.25, -0.2) is 4.79 Å². The smallest absolute Gasteiger partial charge is 0.317 e. The summed E-state index contributed by atoms with van der Waals surface area (Å²) in [5, 5.41) is 2.88. The van der Waals surface area contributed by atoms with Gasteiger partial charge in [-0.1, -0.05) is 0 Å². The molecule has 0 aromatic heterocycles. The summed E-state index contributed by atoms with van der Waals surface area (Å²) in [6.45, 7) is 9.28. The van der Waals surface area contributed by atoms with E-state index >= 15 is 0 Å². The lowest BCUT2D eigenvalue weighted by atomic mass is 10.2. The Labute approximate surface area is 85.6 Å². The third-order valence-corrected chi connectivity index (χ3v) is 2.12. The topological polar surface area (TPSA) is 41.6 Å². The Morgan fingerprint density at radius 2 is 1.86 bits per heavy atom. The molecule has 1 aliphatic heterocycles. The van der Waals surface area contributed by atoms with E-state index in [9.17, 15) is 4.79 Å². The highest BCUT2D eigenvalue weighted by molar-refractivity contribution is 5.74. The second-order valence-corrected chi connectivity index (χ2v) is 4.27. The first-order valence-electron chi connectivity index (χ1n) is 5.20. The SMILES string of the molecule is CC(C)NC(=O)N1C[C@@H](C)O[C@H](C)C1. The fourth-order valence-electron chi connectivity index (χ4n) is 1.68. The molecule has 2 amide bonds. The average molecular weight is 200 g/mol. The lowest BCUT2D eigenvalue weighted by Crippen LogP contribution is -2.52. The lowest BCUT2D eigenvalue weighted by Gasteiger charge is -2.35. The van der Waals surface area contributed by atoms with Crippen molar-refractivity contribution in [1.29, 1.82) is 0 Å².